The van der Waals surface area contributed by atoms with Crippen molar-refractivity contribution in [2.75, 3.05) is 19.6 Å². The third-order valence-corrected chi connectivity index (χ3v) is 5.52. The number of likely N-dealkylation sites (tertiary alicyclic amines) is 1. The monoisotopic (exact) mass is 363 g/mol. The SMILES string of the molecule is Cc1ccccc1C(=CCCN1CCC[C@H](C(=O)O)C1)c1ccccc1C. The van der Waals surface area contributed by atoms with Gasteiger partial charge in [-0.2, -0.15) is 0 Å². The van der Waals surface area contributed by atoms with Gasteiger partial charge in [-0.15, -0.1) is 0 Å². The molecule has 3 nitrogen and oxygen atoms in total. The molecule has 0 unspecified atom stereocenters. The highest BCUT2D eigenvalue weighted by atomic mass is 16.4. The lowest BCUT2D eigenvalue weighted by molar-refractivity contribution is -0.143. The Balaban J connectivity index is 1.80. The van der Waals surface area contributed by atoms with E-state index in [2.05, 4.69) is 73.4 Å². The third-order valence-electron chi connectivity index (χ3n) is 5.52. The molecule has 1 N–H and O–H groups in total. The topological polar surface area (TPSA) is 40.5 Å². The molecule has 142 valence electrons. The second-order valence-electron chi connectivity index (χ2n) is 7.51. The van der Waals surface area contributed by atoms with Crippen molar-refractivity contribution in [3.63, 3.8) is 0 Å². The summed E-state index contributed by atoms with van der Waals surface area (Å²) in [7, 11) is 0. The molecular formula is C24H29NO2. The number of hydrogen-bond donors (Lipinski definition) is 1. The van der Waals surface area contributed by atoms with E-state index in [9.17, 15) is 9.90 Å². The van der Waals surface area contributed by atoms with E-state index in [0.717, 1.165) is 32.4 Å². The summed E-state index contributed by atoms with van der Waals surface area (Å²) in [6, 6.07) is 17.0. The largest absolute Gasteiger partial charge is 0.481 e. The summed E-state index contributed by atoms with van der Waals surface area (Å²) < 4.78 is 0. The first-order chi connectivity index (χ1) is 13.1. The van der Waals surface area contributed by atoms with E-state index < -0.39 is 5.97 Å². The van der Waals surface area contributed by atoms with Gasteiger partial charge in [-0.1, -0.05) is 54.6 Å². The highest BCUT2D eigenvalue weighted by Gasteiger charge is 2.24. The molecule has 0 spiro atoms. The van der Waals surface area contributed by atoms with Crippen LogP contribution >= 0.6 is 0 Å². The number of nitrogens with zero attached hydrogens (tertiary/aromatic N) is 1. The van der Waals surface area contributed by atoms with E-state index in [1.54, 1.807) is 0 Å². The van der Waals surface area contributed by atoms with Crippen molar-refractivity contribution in [2.45, 2.75) is 33.1 Å². The van der Waals surface area contributed by atoms with Crippen LogP contribution in [0, 0.1) is 19.8 Å². The fraction of sp³-hybridized carbons (Fsp3) is 0.375. The van der Waals surface area contributed by atoms with Crippen molar-refractivity contribution in [3.8, 4) is 0 Å². The Kier molecular flexibility index (Phi) is 6.46. The number of rotatable bonds is 6. The fourth-order valence-corrected chi connectivity index (χ4v) is 3.97. The van der Waals surface area contributed by atoms with Gasteiger partial charge in [0, 0.05) is 13.1 Å². The standard InChI is InChI=1S/C24H29NO2/c1-18-9-3-5-12-21(18)23(22-13-6-4-10-19(22)2)14-8-16-25-15-7-11-20(17-25)24(26)27/h3-6,9-10,12-14,20H,7-8,11,15-17H2,1-2H3,(H,26,27)/t20-/m0/s1. The molecule has 3 rings (SSSR count). The van der Waals surface area contributed by atoms with Gasteiger partial charge < -0.3 is 10.0 Å². The quantitative estimate of drug-likeness (QED) is 0.792. The Morgan fingerprint density at radius 2 is 1.67 bits per heavy atom. The first-order valence-corrected chi connectivity index (χ1v) is 9.83. The highest BCUT2D eigenvalue weighted by Crippen LogP contribution is 2.29. The minimum absolute atomic E-state index is 0.213. The summed E-state index contributed by atoms with van der Waals surface area (Å²) in [4.78, 5) is 13.6. The lowest BCUT2D eigenvalue weighted by Gasteiger charge is -2.30. The van der Waals surface area contributed by atoms with Gasteiger partial charge in [-0.05, 0) is 67.5 Å². The fourth-order valence-electron chi connectivity index (χ4n) is 3.97. The maximum absolute atomic E-state index is 11.3. The normalized spacial score (nSPS) is 17.5. The van der Waals surface area contributed by atoms with Crippen LogP contribution in [-0.2, 0) is 4.79 Å². The average molecular weight is 364 g/mol. The molecule has 1 heterocycles. The predicted octanol–water partition coefficient (Wildman–Crippen LogP) is 4.92. The van der Waals surface area contributed by atoms with Crippen molar-refractivity contribution in [2.24, 2.45) is 5.92 Å². The van der Waals surface area contributed by atoms with E-state index >= 15 is 0 Å². The number of aryl methyl sites for hydroxylation is 2. The van der Waals surface area contributed by atoms with Gasteiger partial charge in [0.25, 0.3) is 0 Å². The van der Waals surface area contributed by atoms with Gasteiger partial charge >= 0.3 is 5.97 Å². The molecule has 1 atom stereocenters. The second kappa shape index (κ2) is 9.01. The molecule has 0 aliphatic carbocycles. The smallest absolute Gasteiger partial charge is 0.307 e. The zero-order valence-corrected chi connectivity index (χ0v) is 16.3. The summed E-state index contributed by atoms with van der Waals surface area (Å²) in [5, 5.41) is 9.29. The van der Waals surface area contributed by atoms with Gasteiger partial charge in [-0.3, -0.25) is 4.79 Å². The highest BCUT2D eigenvalue weighted by molar-refractivity contribution is 5.82. The van der Waals surface area contributed by atoms with Gasteiger partial charge in [0.1, 0.15) is 0 Å². The molecule has 1 fully saturated rings. The molecule has 3 heteroatoms. The first-order valence-electron chi connectivity index (χ1n) is 9.83. The molecule has 1 saturated heterocycles. The summed E-state index contributed by atoms with van der Waals surface area (Å²) in [5.41, 5.74) is 6.37. The van der Waals surface area contributed by atoms with Crippen LogP contribution in [0.1, 0.15) is 41.5 Å². The zero-order chi connectivity index (χ0) is 19.2. The molecule has 2 aromatic rings. The van der Waals surface area contributed by atoms with E-state index in [4.69, 9.17) is 0 Å². The van der Waals surface area contributed by atoms with E-state index in [1.807, 2.05) is 0 Å². The van der Waals surface area contributed by atoms with Crippen molar-refractivity contribution in [1.29, 1.82) is 0 Å². The Morgan fingerprint density at radius 1 is 1.07 bits per heavy atom. The number of carboxylic acids is 1. The number of hydrogen-bond acceptors (Lipinski definition) is 2. The predicted molar refractivity (Wildman–Crippen MR) is 111 cm³/mol. The van der Waals surface area contributed by atoms with Crippen LogP contribution in [0.3, 0.4) is 0 Å². The molecule has 1 aliphatic heterocycles. The number of benzene rings is 2. The summed E-state index contributed by atoms with van der Waals surface area (Å²) >= 11 is 0. The van der Waals surface area contributed by atoms with Gasteiger partial charge in [0.2, 0.25) is 0 Å². The molecule has 0 aromatic heterocycles. The lowest BCUT2D eigenvalue weighted by atomic mass is 9.91. The Bertz CT molecular complexity index is 777. The van der Waals surface area contributed by atoms with Gasteiger partial charge in [0.05, 0.1) is 5.92 Å². The average Bonchev–Trinajstić information content (AvgIpc) is 2.67. The minimum atomic E-state index is -0.657. The van der Waals surface area contributed by atoms with Crippen molar-refractivity contribution in [3.05, 3.63) is 76.9 Å². The summed E-state index contributed by atoms with van der Waals surface area (Å²) in [6.45, 7) is 6.90. The van der Waals surface area contributed by atoms with Gasteiger partial charge in [0.15, 0.2) is 0 Å². The second-order valence-corrected chi connectivity index (χ2v) is 7.51. The molecule has 1 aliphatic rings. The number of piperidine rings is 1. The molecule has 0 radical (unpaired) electrons. The van der Waals surface area contributed by atoms with Crippen LogP contribution in [0.2, 0.25) is 0 Å². The van der Waals surface area contributed by atoms with Gasteiger partial charge in [-0.25, -0.2) is 0 Å². The molecule has 27 heavy (non-hydrogen) atoms. The van der Waals surface area contributed by atoms with Crippen molar-refractivity contribution in [1.82, 2.24) is 4.90 Å². The summed E-state index contributed by atoms with van der Waals surface area (Å²) in [5.74, 6) is -0.870. The Hall–Kier alpha value is -2.39. The number of carboxylic acid groups (broad SMARTS) is 1. The summed E-state index contributed by atoms with van der Waals surface area (Å²) in [6.07, 6.45) is 5.03. The lowest BCUT2D eigenvalue weighted by Crippen LogP contribution is -2.39. The molecule has 0 saturated carbocycles. The van der Waals surface area contributed by atoms with Crippen LogP contribution < -0.4 is 0 Å². The van der Waals surface area contributed by atoms with Crippen LogP contribution in [0.4, 0.5) is 0 Å². The molecule has 0 amide bonds. The van der Waals surface area contributed by atoms with Crippen molar-refractivity contribution >= 4 is 11.5 Å². The van der Waals surface area contributed by atoms with Crippen LogP contribution in [0.15, 0.2) is 54.6 Å². The third kappa shape index (κ3) is 4.86. The first kappa shape index (κ1) is 19.4. The molecule has 0 bridgehead atoms. The number of carbonyl (C=O) groups is 1. The molecule has 2 aromatic carbocycles. The Morgan fingerprint density at radius 3 is 2.22 bits per heavy atom. The minimum Gasteiger partial charge on any atom is -0.481 e. The van der Waals surface area contributed by atoms with Crippen LogP contribution in [0.5, 0.6) is 0 Å². The maximum Gasteiger partial charge on any atom is 0.307 e. The maximum atomic E-state index is 11.3. The Labute approximate surface area is 162 Å². The zero-order valence-electron chi connectivity index (χ0n) is 16.3. The van der Waals surface area contributed by atoms with E-state index in [-0.39, 0.29) is 5.92 Å². The van der Waals surface area contributed by atoms with Crippen LogP contribution in [-0.4, -0.2) is 35.6 Å². The van der Waals surface area contributed by atoms with Crippen molar-refractivity contribution < 1.29 is 9.90 Å². The van der Waals surface area contributed by atoms with E-state index in [0.29, 0.717) is 6.54 Å². The number of aliphatic carboxylic acids is 1. The molecular weight excluding hydrogens is 334 g/mol. The van der Waals surface area contributed by atoms with E-state index in [1.165, 1.54) is 27.8 Å². The van der Waals surface area contributed by atoms with Crippen LogP contribution in [0.25, 0.3) is 5.57 Å².